The lowest BCUT2D eigenvalue weighted by Gasteiger charge is -2.10. The molecule has 0 saturated heterocycles. The van der Waals surface area contributed by atoms with E-state index in [9.17, 15) is 39.6 Å². The second-order valence-electron chi connectivity index (χ2n) is 13.9. The molecule has 12 nitrogen and oxygen atoms in total. The van der Waals surface area contributed by atoms with Crippen molar-refractivity contribution in [3.8, 4) is 44.5 Å². The molecule has 6 N–H and O–H groups in total. The van der Waals surface area contributed by atoms with E-state index in [1.165, 1.54) is 24.3 Å². The zero-order valence-corrected chi connectivity index (χ0v) is 32.4. The lowest BCUT2D eigenvalue weighted by Crippen LogP contribution is -2.01. The van der Waals surface area contributed by atoms with Crippen LogP contribution in [0, 0.1) is 0 Å². The van der Waals surface area contributed by atoms with Crippen molar-refractivity contribution in [3.63, 3.8) is 0 Å². The summed E-state index contributed by atoms with van der Waals surface area (Å²) in [6.45, 7) is 0. The minimum atomic E-state index is -1.17. The summed E-state index contributed by atoms with van der Waals surface area (Å²) in [6.07, 6.45) is 6.91. The van der Waals surface area contributed by atoms with Gasteiger partial charge in [0, 0.05) is 66.6 Å². The average Bonchev–Trinajstić information content (AvgIpc) is 4.09. The van der Waals surface area contributed by atoms with E-state index in [4.69, 9.17) is 9.97 Å². The second-order valence-corrected chi connectivity index (χ2v) is 13.9. The van der Waals surface area contributed by atoms with Gasteiger partial charge in [-0.25, -0.2) is 29.1 Å². The average molecular weight is 827 g/mol. The Morgan fingerprint density at radius 3 is 0.770 bits per heavy atom. The summed E-state index contributed by atoms with van der Waals surface area (Å²) < 4.78 is 0. The number of carboxylic acid groups (broad SMARTS) is 4. The highest BCUT2D eigenvalue weighted by Crippen LogP contribution is 2.40. The Kier molecular flexibility index (Phi) is 10.2. The van der Waals surface area contributed by atoms with E-state index in [1.54, 1.807) is 121 Å². The van der Waals surface area contributed by atoms with Gasteiger partial charge in [0.05, 0.1) is 45.0 Å². The van der Waals surface area contributed by atoms with Crippen LogP contribution in [-0.2, 0) is 0 Å². The van der Waals surface area contributed by atoms with Crippen LogP contribution in [-0.4, -0.2) is 64.2 Å². The molecule has 0 radical (unpaired) electrons. The van der Waals surface area contributed by atoms with Gasteiger partial charge in [0.25, 0.3) is 0 Å². The minimum absolute atomic E-state index is 0. The molecule has 3 aromatic heterocycles. The number of fused-ring (bicyclic) bond motifs is 8. The van der Waals surface area contributed by atoms with Gasteiger partial charge in [0.15, 0.2) is 0 Å². The number of aromatic amines is 2. The monoisotopic (exact) mass is 826 g/mol. The van der Waals surface area contributed by atoms with Gasteiger partial charge in [-0.05, 0) is 72.8 Å². The third kappa shape index (κ3) is 6.92. The van der Waals surface area contributed by atoms with Gasteiger partial charge in [-0.2, -0.15) is 0 Å². The standard InChI is InChI=1S/C48H30N4O8.ClH/c53-45(54)29-13-5-1-9-25(29)41-33-17-19-35(49-33)42(26-10-2-6-14-30(26)46(55)56)37-21-23-39(51-37)44(28-12-4-8-16-32(28)48(59)60)40-24-22-38(52-40)43(36-20-18-34(41)50-36)27-11-3-7-15-31(27)47(57)58;/h1-24,49,52H,(H,53,54)(H,55,56)(H,57,58)(H,59,60);1H. The van der Waals surface area contributed by atoms with Crippen LogP contribution in [0.1, 0.15) is 64.2 Å². The first-order chi connectivity index (χ1) is 29.1. The van der Waals surface area contributed by atoms with Crippen molar-refractivity contribution in [2.75, 3.05) is 0 Å². The molecule has 298 valence electrons. The predicted octanol–water partition coefficient (Wildman–Crippen LogP) is 10.5. The maximum Gasteiger partial charge on any atom is 0.336 e. The zero-order chi connectivity index (χ0) is 41.7. The number of aromatic carboxylic acids is 4. The number of hydrogen-bond acceptors (Lipinski definition) is 6. The topological polar surface area (TPSA) is 207 Å². The largest absolute Gasteiger partial charge is 0.478 e. The molecule has 0 spiro atoms. The summed E-state index contributed by atoms with van der Waals surface area (Å²) >= 11 is 0. The maximum absolute atomic E-state index is 12.7. The van der Waals surface area contributed by atoms with E-state index in [1.807, 2.05) is 0 Å². The molecule has 9 rings (SSSR count). The first kappa shape index (κ1) is 39.5. The van der Waals surface area contributed by atoms with Crippen LogP contribution < -0.4 is 0 Å². The SMILES string of the molecule is Cl.O=C(O)c1ccccc1-c1c2nc(c(-c3ccccc3C(=O)O)c3ccc([nH]3)c(-c3ccccc3C(=O)O)c3nc(c(-c4ccccc4C(=O)O)c4ccc1[nH]4)C=C3)C=C2. The van der Waals surface area contributed by atoms with Gasteiger partial charge in [0.2, 0.25) is 0 Å². The van der Waals surface area contributed by atoms with Gasteiger partial charge < -0.3 is 30.4 Å². The van der Waals surface area contributed by atoms with Crippen molar-refractivity contribution in [3.05, 3.63) is 166 Å². The summed E-state index contributed by atoms with van der Waals surface area (Å²) in [6, 6.07) is 33.1. The molecule has 0 unspecified atom stereocenters. The van der Waals surface area contributed by atoms with Crippen LogP contribution in [0.3, 0.4) is 0 Å². The van der Waals surface area contributed by atoms with E-state index in [-0.39, 0.29) is 34.7 Å². The number of rotatable bonds is 8. The maximum atomic E-state index is 12.7. The van der Waals surface area contributed by atoms with E-state index < -0.39 is 23.9 Å². The smallest absolute Gasteiger partial charge is 0.336 e. The quantitative estimate of drug-likeness (QED) is 0.0854. The molecule has 2 aliphatic rings. The summed E-state index contributed by atoms with van der Waals surface area (Å²) in [5.41, 5.74) is 6.29. The van der Waals surface area contributed by atoms with E-state index in [2.05, 4.69) is 9.97 Å². The summed E-state index contributed by atoms with van der Waals surface area (Å²) in [4.78, 5) is 67.9. The minimum Gasteiger partial charge on any atom is -0.478 e. The number of nitrogens with zero attached hydrogens (tertiary/aromatic N) is 2. The Bertz CT molecular complexity index is 2830. The predicted molar refractivity (Wildman–Crippen MR) is 236 cm³/mol. The Morgan fingerprint density at radius 1 is 0.344 bits per heavy atom. The van der Waals surface area contributed by atoms with Gasteiger partial charge in [-0.15, -0.1) is 12.4 Å². The van der Waals surface area contributed by atoms with Crippen molar-refractivity contribution in [1.82, 2.24) is 19.9 Å². The van der Waals surface area contributed by atoms with Crippen LogP contribution in [0.5, 0.6) is 0 Å². The number of carbonyl (C=O) groups is 4. The van der Waals surface area contributed by atoms with Crippen LogP contribution in [0.4, 0.5) is 0 Å². The molecule has 0 amide bonds. The second kappa shape index (κ2) is 15.8. The first-order valence-electron chi connectivity index (χ1n) is 18.6. The summed E-state index contributed by atoms with van der Waals surface area (Å²) in [7, 11) is 0. The number of benzene rings is 4. The lowest BCUT2D eigenvalue weighted by molar-refractivity contribution is 0.0687. The number of nitrogens with one attached hydrogen (secondary N) is 2. The molecular weight excluding hydrogens is 796 g/mol. The molecule has 0 aliphatic carbocycles. The Balaban J connectivity index is 0.00000514. The number of carboxylic acids is 4. The number of hydrogen-bond donors (Lipinski definition) is 6. The van der Waals surface area contributed by atoms with Gasteiger partial charge >= 0.3 is 23.9 Å². The third-order valence-electron chi connectivity index (χ3n) is 10.5. The van der Waals surface area contributed by atoms with Crippen LogP contribution in [0.15, 0.2) is 121 Å². The van der Waals surface area contributed by atoms with Gasteiger partial charge in [0.1, 0.15) is 0 Å². The van der Waals surface area contributed by atoms with Crippen LogP contribution >= 0.6 is 12.4 Å². The summed E-state index contributed by atoms with van der Waals surface area (Å²) in [5, 5.41) is 41.5. The first-order valence-corrected chi connectivity index (χ1v) is 18.6. The highest BCUT2D eigenvalue weighted by Gasteiger charge is 2.24. The van der Waals surface area contributed by atoms with E-state index >= 15 is 0 Å². The van der Waals surface area contributed by atoms with Crippen molar-refractivity contribution < 1.29 is 39.6 Å². The normalized spacial score (nSPS) is 11.5. The fourth-order valence-electron chi connectivity index (χ4n) is 7.89. The van der Waals surface area contributed by atoms with E-state index in [0.29, 0.717) is 89.4 Å². The highest BCUT2D eigenvalue weighted by molar-refractivity contribution is 6.08. The number of H-pyrrole nitrogens is 2. The van der Waals surface area contributed by atoms with Crippen LogP contribution in [0.25, 0.3) is 90.9 Å². The molecule has 5 heterocycles. The molecule has 0 atom stereocenters. The number of halogens is 1. The molecule has 0 fully saturated rings. The van der Waals surface area contributed by atoms with Crippen molar-refractivity contribution in [2.45, 2.75) is 0 Å². The fourth-order valence-corrected chi connectivity index (χ4v) is 7.89. The van der Waals surface area contributed by atoms with Crippen molar-refractivity contribution in [1.29, 1.82) is 0 Å². The Morgan fingerprint density at radius 2 is 0.557 bits per heavy atom. The number of aromatic nitrogens is 4. The summed E-state index contributed by atoms with van der Waals surface area (Å²) in [5.74, 6) is -4.67. The Labute approximate surface area is 351 Å². The fraction of sp³-hybridized carbons (Fsp3) is 0. The molecule has 13 heteroatoms. The molecule has 7 aromatic rings. The van der Waals surface area contributed by atoms with Gasteiger partial charge in [-0.1, -0.05) is 72.8 Å². The zero-order valence-electron chi connectivity index (χ0n) is 31.6. The Hall–Kier alpha value is -8.35. The van der Waals surface area contributed by atoms with Crippen molar-refractivity contribution >= 4 is 82.7 Å². The molecule has 61 heavy (non-hydrogen) atoms. The highest BCUT2D eigenvalue weighted by atomic mass is 35.5. The molecule has 0 saturated carbocycles. The van der Waals surface area contributed by atoms with Gasteiger partial charge in [-0.3, -0.25) is 0 Å². The van der Waals surface area contributed by atoms with E-state index in [0.717, 1.165) is 0 Å². The molecule has 4 aromatic carbocycles. The molecule has 2 aliphatic heterocycles. The van der Waals surface area contributed by atoms with Crippen molar-refractivity contribution in [2.24, 2.45) is 0 Å². The van der Waals surface area contributed by atoms with Crippen LogP contribution in [0.2, 0.25) is 0 Å². The lowest BCUT2D eigenvalue weighted by atomic mass is 9.98. The third-order valence-corrected chi connectivity index (χ3v) is 10.5. The molecular formula is C48H31ClN4O8. The molecule has 8 bridgehead atoms.